The second kappa shape index (κ2) is 7.56. The Morgan fingerprint density at radius 3 is 2.85 bits per heavy atom. The molecule has 27 heavy (non-hydrogen) atoms. The van der Waals surface area contributed by atoms with Gasteiger partial charge in [-0.1, -0.05) is 12.1 Å². The van der Waals surface area contributed by atoms with Crippen LogP contribution in [0.2, 0.25) is 0 Å². The van der Waals surface area contributed by atoms with Gasteiger partial charge in [-0.2, -0.15) is 0 Å². The van der Waals surface area contributed by atoms with E-state index in [2.05, 4.69) is 15.5 Å². The van der Waals surface area contributed by atoms with Gasteiger partial charge in [-0.05, 0) is 12.0 Å². The van der Waals surface area contributed by atoms with Crippen molar-refractivity contribution in [3.63, 3.8) is 0 Å². The number of aromatic nitrogens is 1. The minimum atomic E-state index is -1.14. The van der Waals surface area contributed by atoms with Gasteiger partial charge in [-0.3, -0.25) is 14.5 Å². The molecule has 2 aliphatic rings. The summed E-state index contributed by atoms with van der Waals surface area (Å²) in [5.74, 6) is -1.78. The van der Waals surface area contributed by atoms with Crippen molar-refractivity contribution in [1.82, 2.24) is 15.2 Å². The molecule has 0 aromatic carbocycles. The van der Waals surface area contributed by atoms with Crippen LogP contribution in [0.4, 0.5) is 5.13 Å². The third-order valence-electron chi connectivity index (χ3n) is 4.13. The van der Waals surface area contributed by atoms with E-state index in [0.717, 1.165) is 11.3 Å². The van der Waals surface area contributed by atoms with Gasteiger partial charge in [0.2, 0.25) is 0 Å². The van der Waals surface area contributed by atoms with E-state index >= 15 is 0 Å². The van der Waals surface area contributed by atoms with Crippen LogP contribution in [0.3, 0.4) is 0 Å². The summed E-state index contributed by atoms with van der Waals surface area (Å²) in [7, 11) is 1.28. The minimum absolute atomic E-state index is 0.00908. The first-order valence-electron chi connectivity index (χ1n) is 7.92. The average molecular weight is 411 g/mol. The zero-order valence-electron chi connectivity index (χ0n) is 14.5. The number of nitrogens with zero attached hydrogens (tertiary/aromatic N) is 3. The average Bonchev–Trinajstić information content (AvgIpc) is 3.08. The van der Waals surface area contributed by atoms with Gasteiger partial charge in [0.25, 0.3) is 11.8 Å². The number of thiazole rings is 1. The number of β-lactam (4-membered cyclic amide) rings is 1. The molecule has 2 amide bonds. The number of aliphatic carboxylic acids is 1. The molecule has 2 aliphatic heterocycles. The van der Waals surface area contributed by atoms with E-state index < -0.39 is 29.2 Å². The quantitative estimate of drug-likeness (QED) is 0.342. The predicted molar refractivity (Wildman–Crippen MR) is 100 cm³/mol. The van der Waals surface area contributed by atoms with E-state index in [0.29, 0.717) is 17.7 Å². The Morgan fingerprint density at radius 2 is 2.30 bits per heavy atom. The SMILES string of the molecule is CCC1=C(C(=O)O)N2C(=O)C(NC(=O)/C(=N/OC)c3csc(N)n3)C2SC1. The number of anilines is 1. The summed E-state index contributed by atoms with van der Waals surface area (Å²) < 4.78 is 0. The molecule has 0 bridgehead atoms. The zero-order chi connectivity index (χ0) is 19.7. The second-order valence-electron chi connectivity index (χ2n) is 5.67. The fourth-order valence-corrected chi connectivity index (χ4v) is 4.85. The highest BCUT2D eigenvalue weighted by atomic mass is 32.2. The largest absolute Gasteiger partial charge is 0.477 e. The van der Waals surface area contributed by atoms with Crippen LogP contribution in [-0.2, 0) is 19.2 Å². The molecule has 1 aromatic rings. The highest BCUT2D eigenvalue weighted by Crippen LogP contribution is 2.41. The predicted octanol–water partition coefficient (Wildman–Crippen LogP) is 0.224. The van der Waals surface area contributed by atoms with Crippen molar-refractivity contribution < 1.29 is 24.3 Å². The topological polar surface area (TPSA) is 147 Å². The maximum Gasteiger partial charge on any atom is 0.352 e. The van der Waals surface area contributed by atoms with Crippen molar-refractivity contribution in [2.45, 2.75) is 24.8 Å². The monoisotopic (exact) mass is 411 g/mol. The van der Waals surface area contributed by atoms with Gasteiger partial charge in [-0.25, -0.2) is 9.78 Å². The van der Waals surface area contributed by atoms with E-state index in [1.165, 1.54) is 23.8 Å². The van der Waals surface area contributed by atoms with Gasteiger partial charge in [0.05, 0.1) is 0 Å². The van der Waals surface area contributed by atoms with E-state index in [1.807, 2.05) is 6.92 Å². The fourth-order valence-electron chi connectivity index (χ4n) is 2.86. The molecule has 0 spiro atoms. The zero-order valence-corrected chi connectivity index (χ0v) is 16.1. The molecule has 0 aliphatic carbocycles. The Bertz CT molecular complexity index is 865. The number of carboxylic acids is 1. The molecule has 1 fully saturated rings. The van der Waals surface area contributed by atoms with Crippen molar-refractivity contribution in [3.05, 3.63) is 22.3 Å². The Kier molecular flexibility index (Phi) is 5.37. The normalized spacial score (nSPS) is 22.2. The van der Waals surface area contributed by atoms with E-state index in [-0.39, 0.29) is 22.2 Å². The van der Waals surface area contributed by atoms with Crippen LogP contribution in [0, 0.1) is 0 Å². The Labute approximate surface area is 162 Å². The molecule has 3 heterocycles. The molecular formula is C15H17N5O5S2. The first-order valence-corrected chi connectivity index (χ1v) is 9.85. The number of carboxylic acid groups (broad SMARTS) is 1. The molecule has 0 saturated carbocycles. The van der Waals surface area contributed by atoms with Gasteiger partial charge in [-0.15, -0.1) is 23.1 Å². The van der Waals surface area contributed by atoms with Crippen molar-refractivity contribution in [2.75, 3.05) is 18.6 Å². The summed E-state index contributed by atoms with van der Waals surface area (Å²) in [5.41, 5.74) is 6.41. The number of fused-ring (bicyclic) bond motifs is 1. The summed E-state index contributed by atoms with van der Waals surface area (Å²) in [6, 6.07) is -0.853. The maximum atomic E-state index is 12.6. The fraction of sp³-hybridized carbons (Fsp3) is 0.400. The molecule has 10 nitrogen and oxygen atoms in total. The van der Waals surface area contributed by atoms with Crippen LogP contribution in [-0.4, -0.2) is 62.8 Å². The van der Waals surface area contributed by atoms with Crippen LogP contribution >= 0.6 is 23.1 Å². The molecule has 1 aromatic heterocycles. The van der Waals surface area contributed by atoms with E-state index in [9.17, 15) is 19.5 Å². The summed E-state index contributed by atoms with van der Waals surface area (Å²) in [5, 5.41) is 17.1. The summed E-state index contributed by atoms with van der Waals surface area (Å²) in [6.45, 7) is 1.84. The van der Waals surface area contributed by atoms with Crippen molar-refractivity contribution in [3.8, 4) is 0 Å². The number of nitrogens with two attached hydrogens (primary N) is 1. The molecule has 144 valence electrons. The molecule has 2 atom stereocenters. The third-order valence-corrected chi connectivity index (χ3v) is 6.14. The number of thioether (sulfide) groups is 1. The second-order valence-corrected chi connectivity index (χ2v) is 7.66. The Morgan fingerprint density at radius 1 is 1.56 bits per heavy atom. The lowest BCUT2D eigenvalue weighted by Gasteiger charge is -2.49. The molecular weight excluding hydrogens is 394 g/mol. The van der Waals surface area contributed by atoms with E-state index in [1.54, 1.807) is 5.38 Å². The number of hydrogen-bond donors (Lipinski definition) is 3. The molecule has 3 rings (SSSR count). The number of nitrogen functional groups attached to an aromatic ring is 1. The number of carbonyl (C=O) groups is 3. The van der Waals surface area contributed by atoms with Gasteiger partial charge >= 0.3 is 5.97 Å². The molecule has 12 heteroatoms. The number of carbonyl (C=O) groups excluding carboxylic acids is 2. The van der Waals surface area contributed by atoms with Gasteiger partial charge < -0.3 is 21.0 Å². The Balaban J connectivity index is 1.79. The lowest BCUT2D eigenvalue weighted by molar-refractivity contribution is -0.150. The minimum Gasteiger partial charge on any atom is -0.477 e. The molecule has 0 radical (unpaired) electrons. The first kappa shape index (κ1) is 19.2. The molecule has 2 unspecified atom stereocenters. The van der Waals surface area contributed by atoms with E-state index in [4.69, 9.17) is 10.6 Å². The van der Waals surface area contributed by atoms with Crippen LogP contribution in [0.1, 0.15) is 19.0 Å². The third kappa shape index (κ3) is 3.37. The number of amides is 2. The smallest absolute Gasteiger partial charge is 0.352 e. The number of oxime groups is 1. The number of nitrogens with one attached hydrogen (secondary N) is 1. The van der Waals surface area contributed by atoms with Crippen molar-refractivity contribution >= 4 is 51.7 Å². The van der Waals surface area contributed by atoms with Crippen molar-refractivity contribution in [2.24, 2.45) is 5.16 Å². The van der Waals surface area contributed by atoms with Crippen LogP contribution < -0.4 is 11.1 Å². The highest BCUT2D eigenvalue weighted by Gasteiger charge is 2.54. The van der Waals surface area contributed by atoms with Gasteiger partial charge in [0, 0.05) is 11.1 Å². The van der Waals surface area contributed by atoms with Crippen LogP contribution in [0.5, 0.6) is 0 Å². The highest BCUT2D eigenvalue weighted by molar-refractivity contribution is 8.00. The van der Waals surface area contributed by atoms with Crippen LogP contribution in [0.25, 0.3) is 0 Å². The number of hydrogen-bond acceptors (Lipinski definition) is 9. The summed E-state index contributed by atoms with van der Waals surface area (Å²) in [6.07, 6.45) is 0.540. The standard InChI is InChI=1S/C15H17N5O5S2/c1-3-6-4-26-13-9(12(22)20(13)10(6)14(23)24)18-11(21)8(19-25-2)7-5-27-15(16)17-7/h5,9,13H,3-4H2,1-2H3,(H2,16,17)(H,18,21)(H,23,24)/b19-8+. The summed E-state index contributed by atoms with van der Waals surface area (Å²) >= 11 is 2.55. The number of rotatable bonds is 6. The molecule has 1 saturated heterocycles. The Hall–Kier alpha value is -2.60. The van der Waals surface area contributed by atoms with Crippen LogP contribution in [0.15, 0.2) is 21.8 Å². The summed E-state index contributed by atoms with van der Waals surface area (Å²) in [4.78, 5) is 46.6. The lowest BCUT2D eigenvalue weighted by atomic mass is 10.0. The first-order chi connectivity index (χ1) is 12.9. The molecule has 4 N–H and O–H groups in total. The maximum absolute atomic E-state index is 12.6. The lowest BCUT2D eigenvalue weighted by Crippen LogP contribution is -2.71. The van der Waals surface area contributed by atoms with Gasteiger partial charge in [0.1, 0.15) is 29.9 Å². The van der Waals surface area contributed by atoms with Gasteiger partial charge in [0.15, 0.2) is 10.8 Å². The van der Waals surface area contributed by atoms with Crippen molar-refractivity contribution in [1.29, 1.82) is 0 Å².